The largest absolute Gasteiger partial charge is 0.389 e. The molecule has 0 rings (SSSR count). The van der Waals surface area contributed by atoms with Crippen LogP contribution in [0.3, 0.4) is 0 Å². The van der Waals surface area contributed by atoms with Crippen molar-refractivity contribution in [2.45, 2.75) is 6.11 Å². The van der Waals surface area contributed by atoms with Crippen LogP contribution in [0, 0.1) is 6.67 Å². The topological polar surface area (TPSA) is 9.23 Å². The van der Waals surface area contributed by atoms with E-state index < -0.39 is 12.8 Å². The fourth-order valence-corrected chi connectivity index (χ4v) is 0.0445. The number of hydrogen-bond acceptors (Lipinski definition) is 1. The minimum Gasteiger partial charge on any atom is -0.321 e. The summed E-state index contributed by atoms with van der Waals surface area (Å²) in [6, 6.07) is 0. The molecule has 1 nitrogen and oxygen atoms in total. The Hall–Kier alpha value is -0.250. The third-order valence-corrected chi connectivity index (χ3v) is 0.399. The molecule has 0 atom stereocenters. The lowest BCUT2D eigenvalue weighted by molar-refractivity contribution is -0.206. The van der Waals surface area contributed by atoms with Gasteiger partial charge in [0.05, 0.1) is 0 Å². The van der Waals surface area contributed by atoms with Crippen molar-refractivity contribution in [3.05, 3.63) is 6.67 Å². The van der Waals surface area contributed by atoms with Crippen molar-refractivity contribution >= 4 is 0 Å². The van der Waals surface area contributed by atoms with Gasteiger partial charge in [-0.3, -0.25) is 0 Å². The first-order chi connectivity index (χ1) is 3.12. The monoisotopic (exact) mass is 113 g/mol. The minimum absolute atomic E-state index is 0.718. The maximum atomic E-state index is 11.2. The smallest absolute Gasteiger partial charge is 0.321 e. The fraction of sp³-hybridized carbons (Fsp3) is 0.667. The third-order valence-electron chi connectivity index (χ3n) is 0.399. The highest BCUT2D eigenvalue weighted by Gasteiger charge is 2.28. The molecule has 0 aliphatic heterocycles. The number of methoxy groups -OCH3 is 1. The van der Waals surface area contributed by atoms with Crippen LogP contribution in [0.2, 0.25) is 0 Å². The molecular formula is C3H4F3O. The van der Waals surface area contributed by atoms with E-state index in [2.05, 4.69) is 4.74 Å². The van der Waals surface area contributed by atoms with Crippen molar-refractivity contribution in [3.63, 3.8) is 0 Å². The van der Waals surface area contributed by atoms with E-state index in [1.807, 2.05) is 0 Å². The molecule has 0 unspecified atom stereocenters. The summed E-state index contributed by atoms with van der Waals surface area (Å²) in [5, 5.41) is 0. The predicted molar refractivity (Wildman–Crippen MR) is 17.4 cm³/mol. The summed E-state index contributed by atoms with van der Waals surface area (Å²) >= 11 is 0. The molecule has 4 heteroatoms. The first kappa shape index (κ1) is 6.75. The van der Waals surface area contributed by atoms with Crippen LogP contribution in [0.5, 0.6) is 0 Å². The number of halogens is 3. The number of alkyl halides is 2. The van der Waals surface area contributed by atoms with Crippen molar-refractivity contribution in [2.24, 2.45) is 0 Å². The number of ether oxygens (including phenoxy) is 1. The summed E-state index contributed by atoms with van der Waals surface area (Å²) in [6.45, 7) is -0.812. The van der Waals surface area contributed by atoms with Gasteiger partial charge >= 0.3 is 6.11 Å². The molecular weight excluding hydrogens is 109 g/mol. The second kappa shape index (κ2) is 2.16. The SMILES string of the molecule is COC(F)(F)[CH]F. The molecule has 0 fully saturated rings. The molecule has 0 aromatic rings. The summed E-state index contributed by atoms with van der Waals surface area (Å²) in [5.74, 6) is 0. The van der Waals surface area contributed by atoms with Crippen LogP contribution >= 0.6 is 0 Å². The van der Waals surface area contributed by atoms with Gasteiger partial charge in [0, 0.05) is 7.11 Å². The Labute approximate surface area is 39.1 Å². The van der Waals surface area contributed by atoms with Crippen LogP contribution in [0.15, 0.2) is 0 Å². The van der Waals surface area contributed by atoms with Crippen LogP contribution in [-0.2, 0) is 4.74 Å². The molecule has 0 N–H and O–H groups in total. The highest BCUT2D eigenvalue weighted by atomic mass is 19.3. The quantitative estimate of drug-likeness (QED) is 0.525. The summed E-state index contributed by atoms with van der Waals surface area (Å²) in [6.07, 6.45) is -3.71. The fourth-order valence-electron chi connectivity index (χ4n) is 0.0445. The Morgan fingerprint density at radius 2 is 2.00 bits per heavy atom. The maximum absolute atomic E-state index is 11.2. The van der Waals surface area contributed by atoms with E-state index in [1.54, 1.807) is 0 Å². The van der Waals surface area contributed by atoms with E-state index in [4.69, 9.17) is 0 Å². The van der Waals surface area contributed by atoms with Crippen molar-refractivity contribution in [1.29, 1.82) is 0 Å². The van der Waals surface area contributed by atoms with Gasteiger partial charge in [0.2, 0.25) is 6.67 Å². The van der Waals surface area contributed by atoms with Gasteiger partial charge in [-0.25, -0.2) is 4.39 Å². The number of hydrogen-bond donors (Lipinski definition) is 0. The second-order valence-corrected chi connectivity index (χ2v) is 0.875. The van der Waals surface area contributed by atoms with E-state index in [1.165, 1.54) is 0 Å². The molecule has 43 valence electrons. The Kier molecular flexibility index (Phi) is 2.08. The van der Waals surface area contributed by atoms with E-state index in [0.29, 0.717) is 0 Å². The van der Waals surface area contributed by atoms with Crippen LogP contribution in [0.25, 0.3) is 0 Å². The Bertz CT molecular complexity index is 48.1. The lowest BCUT2D eigenvalue weighted by atomic mass is 10.7. The Balaban J connectivity index is 3.36. The molecule has 0 amide bonds. The maximum Gasteiger partial charge on any atom is 0.389 e. The number of rotatable bonds is 2. The molecule has 0 bridgehead atoms. The zero-order chi connectivity index (χ0) is 5.91. The highest BCUT2D eigenvalue weighted by molar-refractivity contribution is 4.59. The van der Waals surface area contributed by atoms with E-state index in [-0.39, 0.29) is 0 Å². The van der Waals surface area contributed by atoms with E-state index in [0.717, 1.165) is 7.11 Å². The van der Waals surface area contributed by atoms with Gasteiger partial charge in [-0.1, -0.05) is 0 Å². The van der Waals surface area contributed by atoms with Crippen LogP contribution in [0.4, 0.5) is 13.2 Å². The standard InChI is InChI=1S/C3H4F3O/c1-7-3(5,6)2-4/h2H,1H3. The lowest BCUT2D eigenvalue weighted by Gasteiger charge is -2.05. The lowest BCUT2D eigenvalue weighted by Crippen LogP contribution is -2.16. The van der Waals surface area contributed by atoms with Gasteiger partial charge in [-0.15, -0.1) is 0 Å². The van der Waals surface area contributed by atoms with Crippen LogP contribution in [-0.4, -0.2) is 13.2 Å². The molecule has 0 aromatic carbocycles. The van der Waals surface area contributed by atoms with Crippen molar-refractivity contribution in [3.8, 4) is 0 Å². The first-order valence-electron chi connectivity index (χ1n) is 1.50. The van der Waals surface area contributed by atoms with Gasteiger partial charge in [0.25, 0.3) is 0 Å². The van der Waals surface area contributed by atoms with E-state index >= 15 is 0 Å². The molecule has 1 radical (unpaired) electrons. The summed E-state index contributed by atoms with van der Waals surface area (Å²) in [4.78, 5) is 0. The van der Waals surface area contributed by atoms with Gasteiger partial charge in [-0.05, 0) is 0 Å². The van der Waals surface area contributed by atoms with Gasteiger partial charge in [0.1, 0.15) is 0 Å². The van der Waals surface area contributed by atoms with Gasteiger partial charge < -0.3 is 4.74 Å². The predicted octanol–water partition coefficient (Wildman–Crippen LogP) is 1.36. The van der Waals surface area contributed by atoms with Crippen molar-refractivity contribution in [1.82, 2.24) is 0 Å². The van der Waals surface area contributed by atoms with Gasteiger partial charge in [-0.2, -0.15) is 8.78 Å². The van der Waals surface area contributed by atoms with Gasteiger partial charge in [0.15, 0.2) is 0 Å². The molecule has 0 saturated carbocycles. The highest BCUT2D eigenvalue weighted by Crippen LogP contribution is 2.16. The summed E-state index contributed by atoms with van der Waals surface area (Å²) < 4.78 is 36.6. The third kappa shape index (κ3) is 2.45. The minimum atomic E-state index is -3.71. The second-order valence-electron chi connectivity index (χ2n) is 0.875. The molecule has 0 aliphatic rings. The average Bonchev–Trinajstić information content (AvgIpc) is 1.68. The summed E-state index contributed by atoms with van der Waals surface area (Å²) in [5.41, 5.74) is 0. The van der Waals surface area contributed by atoms with Crippen LogP contribution in [0.1, 0.15) is 0 Å². The van der Waals surface area contributed by atoms with Crippen molar-refractivity contribution < 1.29 is 17.9 Å². The zero-order valence-electron chi connectivity index (χ0n) is 3.62. The summed E-state index contributed by atoms with van der Waals surface area (Å²) in [7, 11) is 0.718. The Morgan fingerprint density at radius 3 is 2.00 bits per heavy atom. The normalized spacial score (nSPS) is 12.0. The van der Waals surface area contributed by atoms with E-state index in [9.17, 15) is 13.2 Å². The van der Waals surface area contributed by atoms with Crippen molar-refractivity contribution in [2.75, 3.05) is 7.11 Å². The molecule has 0 heterocycles. The van der Waals surface area contributed by atoms with Crippen LogP contribution < -0.4 is 0 Å². The molecule has 0 saturated heterocycles. The molecule has 0 aliphatic carbocycles. The average molecular weight is 113 g/mol. The molecule has 0 aromatic heterocycles. The molecule has 0 spiro atoms. The Morgan fingerprint density at radius 1 is 1.57 bits per heavy atom. The molecule has 7 heavy (non-hydrogen) atoms. The first-order valence-corrected chi connectivity index (χ1v) is 1.50. The zero-order valence-corrected chi connectivity index (χ0v) is 3.62.